The van der Waals surface area contributed by atoms with Crippen molar-refractivity contribution in [3.8, 4) is 11.6 Å². The van der Waals surface area contributed by atoms with E-state index in [-0.39, 0.29) is 17.1 Å². The van der Waals surface area contributed by atoms with Crippen LogP contribution in [0.15, 0.2) is 36.5 Å². The van der Waals surface area contributed by atoms with E-state index in [4.69, 9.17) is 27.8 Å². The van der Waals surface area contributed by atoms with Gasteiger partial charge in [0.1, 0.15) is 5.75 Å². The van der Waals surface area contributed by atoms with Crippen molar-refractivity contribution in [1.29, 1.82) is 0 Å². The van der Waals surface area contributed by atoms with Crippen molar-refractivity contribution in [2.24, 2.45) is 5.73 Å². The molecule has 1 heterocycles. The Balaban J connectivity index is 2.37. The van der Waals surface area contributed by atoms with Crippen LogP contribution in [0.2, 0.25) is 5.02 Å². The zero-order valence-corrected chi connectivity index (χ0v) is 10.0. The zero-order chi connectivity index (χ0) is 13.1. The third kappa shape index (κ3) is 2.52. The normalized spacial score (nSPS) is 10.1. The van der Waals surface area contributed by atoms with Crippen LogP contribution in [0.25, 0.3) is 0 Å². The van der Waals surface area contributed by atoms with Crippen LogP contribution in [0, 0.1) is 0 Å². The second-order valence-corrected chi connectivity index (χ2v) is 3.95. The molecule has 0 radical (unpaired) electrons. The average molecular weight is 264 g/mol. The maximum atomic E-state index is 11.2. The molecular formula is C12H10ClN3O2. The molecule has 2 rings (SSSR count). The van der Waals surface area contributed by atoms with Gasteiger partial charge in [0, 0.05) is 6.20 Å². The number of carbonyl (C=O) groups is 1. The number of pyridine rings is 1. The molecular weight excluding hydrogens is 254 g/mol. The predicted octanol–water partition coefficient (Wildman–Crippen LogP) is 2.21. The van der Waals surface area contributed by atoms with Gasteiger partial charge >= 0.3 is 0 Å². The lowest BCUT2D eigenvalue weighted by atomic mass is 10.2. The lowest BCUT2D eigenvalue weighted by molar-refractivity contribution is 0.0998. The minimum atomic E-state index is -0.585. The van der Waals surface area contributed by atoms with Crippen LogP contribution in [-0.2, 0) is 0 Å². The van der Waals surface area contributed by atoms with Gasteiger partial charge in [-0.25, -0.2) is 4.98 Å². The molecule has 0 aliphatic rings. The Morgan fingerprint density at radius 1 is 1.33 bits per heavy atom. The van der Waals surface area contributed by atoms with Crippen LogP contribution in [0.4, 0.5) is 5.69 Å². The van der Waals surface area contributed by atoms with Gasteiger partial charge < -0.3 is 16.2 Å². The first kappa shape index (κ1) is 12.2. The van der Waals surface area contributed by atoms with E-state index in [1.165, 1.54) is 12.3 Å². The van der Waals surface area contributed by atoms with Crippen LogP contribution in [-0.4, -0.2) is 10.9 Å². The van der Waals surface area contributed by atoms with E-state index < -0.39 is 5.91 Å². The number of hydrogen-bond acceptors (Lipinski definition) is 4. The number of aromatic nitrogens is 1. The number of nitrogens with zero attached hydrogens (tertiary/aromatic N) is 1. The van der Waals surface area contributed by atoms with Crippen molar-refractivity contribution < 1.29 is 9.53 Å². The van der Waals surface area contributed by atoms with Crippen molar-refractivity contribution >= 4 is 23.2 Å². The highest BCUT2D eigenvalue weighted by atomic mass is 35.5. The summed E-state index contributed by atoms with van der Waals surface area (Å²) in [7, 11) is 0. The third-order valence-electron chi connectivity index (χ3n) is 2.20. The topological polar surface area (TPSA) is 91.2 Å². The summed E-state index contributed by atoms with van der Waals surface area (Å²) in [5, 5.41) is 0.406. The molecule has 92 valence electrons. The van der Waals surface area contributed by atoms with Gasteiger partial charge in [0.15, 0.2) is 0 Å². The molecule has 0 atom stereocenters. The first-order chi connectivity index (χ1) is 8.58. The quantitative estimate of drug-likeness (QED) is 0.888. The Hall–Kier alpha value is -2.27. The number of ether oxygens (including phenoxy) is 1. The van der Waals surface area contributed by atoms with Gasteiger partial charge in [0.25, 0.3) is 5.91 Å². The summed E-state index contributed by atoms with van der Waals surface area (Å²) in [5.41, 5.74) is 11.5. The van der Waals surface area contributed by atoms with Gasteiger partial charge in [-0.05, 0) is 18.2 Å². The number of nitrogen functional groups attached to an aromatic ring is 1. The Morgan fingerprint density at radius 3 is 2.72 bits per heavy atom. The lowest BCUT2D eigenvalue weighted by Gasteiger charge is -2.09. The monoisotopic (exact) mass is 263 g/mol. The van der Waals surface area contributed by atoms with Crippen molar-refractivity contribution in [3.63, 3.8) is 0 Å². The molecule has 5 nitrogen and oxygen atoms in total. The standard InChI is InChI=1S/C12H10ClN3O2/c13-7-5-9(14)12(16-6-7)18-10-4-2-1-3-8(10)11(15)17/h1-6H,14H2,(H2,15,17). The van der Waals surface area contributed by atoms with E-state index in [1.807, 2.05) is 0 Å². The summed E-state index contributed by atoms with van der Waals surface area (Å²) in [6.07, 6.45) is 1.40. The molecule has 0 bridgehead atoms. The number of amides is 1. The molecule has 4 N–H and O–H groups in total. The summed E-state index contributed by atoms with van der Waals surface area (Å²) in [5.74, 6) is -0.113. The molecule has 0 saturated carbocycles. The fourth-order valence-electron chi connectivity index (χ4n) is 1.39. The van der Waals surface area contributed by atoms with E-state index in [1.54, 1.807) is 24.3 Å². The number of para-hydroxylation sites is 1. The number of carbonyl (C=O) groups excluding carboxylic acids is 1. The van der Waals surface area contributed by atoms with Crippen LogP contribution in [0.1, 0.15) is 10.4 Å². The van der Waals surface area contributed by atoms with Crippen LogP contribution in [0.3, 0.4) is 0 Å². The number of primary amides is 1. The molecule has 0 aliphatic carbocycles. The Kier molecular flexibility index (Phi) is 3.34. The molecule has 0 aliphatic heterocycles. The summed E-state index contributed by atoms with van der Waals surface area (Å²) >= 11 is 5.73. The van der Waals surface area contributed by atoms with Gasteiger partial charge in [-0.15, -0.1) is 0 Å². The molecule has 1 aromatic carbocycles. The largest absolute Gasteiger partial charge is 0.436 e. The molecule has 1 aromatic heterocycles. The maximum absolute atomic E-state index is 11.2. The highest BCUT2D eigenvalue weighted by Gasteiger charge is 2.11. The Bertz CT molecular complexity index is 602. The summed E-state index contributed by atoms with van der Waals surface area (Å²) in [4.78, 5) is 15.2. The summed E-state index contributed by atoms with van der Waals surface area (Å²) < 4.78 is 5.46. The van der Waals surface area contributed by atoms with E-state index in [9.17, 15) is 4.79 Å². The highest BCUT2D eigenvalue weighted by Crippen LogP contribution is 2.28. The molecule has 18 heavy (non-hydrogen) atoms. The number of halogens is 1. The third-order valence-corrected chi connectivity index (χ3v) is 2.41. The van der Waals surface area contributed by atoms with Gasteiger partial charge in [-0.1, -0.05) is 23.7 Å². The first-order valence-electron chi connectivity index (χ1n) is 5.05. The van der Waals surface area contributed by atoms with Gasteiger partial charge in [0.2, 0.25) is 5.88 Å². The molecule has 1 amide bonds. The van der Waals surface area contributed by atoms with Gasteiger partial charge in [0.05, 0.1) is 16.3 Å². The van der Waals surface area contributed by atoms with E-state index in [0.29, 0.717) is 10.8 Å². The summed E-state index contributed by atoms with van der Waals surface area (Å²) in [6, 6.07) is 8.08. The van der Waals surface area contributed by atoms with Crippen LogP contribution in [0.5, 0.6) is 11.6 Å². The molecule has 0 spiro atoms. The second kappa shape index (κ2) is 4.93. The molecule has 0 unspecified atom stereocenters. The van der Waals surface area contributed by atoms with Gasteiger partial charge in [-0.2, -0.15) is 0 Å². The van der Waals surface area contributed by atoms with Gasteiger partial charge in [-0.3, -0.25) is 4.79 Å². The van der Waals surface area contributed by atoms with E-state index >= 15 is 0 Å². The average Bonchev–Trinajstić information content (AvgIpc) is 2.33. The minimum Gasteiger partial charge on any atom is -0.436 e. The van der Waals surface area contributed by atoms with Crippen molar-refractivity contribution in [2.45, 2.75) is 0 Å². The van der Waals surface area contributed by atoms with Crippen LogP contribution < -0.4 is 16.2 Å². The second-order valence-electron chi connectivity index (χ2n) is 3.51. The number of hydrogen-bond donors (Lipinski definition) is 2. The maximum Gasteiger partial charge on any atom is 0.252 e. The van der Waals surface area contributed by atoms with Crippen molar-refractivity contribution in [2.75, 3.05) is 5.73 Å². The number of benzene rings is 1. The molecule has 2 aromatic rings. The number of anilines is 1. The Labute approximate surface area is 108 Å². The lowest BCUT2D eigenvalue weighted by Crippen LogP contribution is -2.12. The van der Waals surface area contributed by atoms with Crippen molar-refractivity contribution in [3.05, 3.63) is 47.1 Å². The Morgan fingerprint density at radius 2 is 2.06 bits per heavy atom. The first-order valence-corrected chi connectivity index (χ1v) is 5.43. The molecule has 6 heteroatoms. The fourth-order valence-corrected chi connectivity index (χ4v) is 1.56. The van der Waals surface area contributed by atoms with E-state index in [2.05, 4.69) is 4.98 Å². The number of rotatable bonds is 3. The smallest absolute Gasteiger partial charge is 0.252 e. The van der Waals surface area contributed by atoms with Crippen LogP contribution >= 0.6 is 11.6 Å². The minimum absolute atomic E-state index is 0.174. The molecule has 0 fully saturated rings. The van der Waals surface area contributed by atoms with Crippen molar-refractivity contribution in [1.82, 2.24) is 4.98 Å². The fraction of sp³-hybridized carbons (Fsp3) is 0. The predicted molar refractivity (Wildman–Crippen MR) is 68.7 cm³/mol. The SMILES string of the molecule is NC(=O)c1ccccc1Oc1ncc(Cl)cc1N. The van der Waals surface area contributed by atoms with E-state index in [0.717, 1.165) is 0 Å². The summed E-state index contributed by atoms with van der Waals surface area (Å²) in [6.45, 7) is 0. The molecule has 0 saturated heterocycles. The highest BCUT2D eigenvalue weighted by molar-refractivity contribution is 6.30. The zero-order valence-electron chi connectivity index (χ0n) is 9.26. The number of nitrogens with two attached hydrogens (primary N) is 2.